The van der Waals surface area contributed by atoms with Crippen LogP contribution in [0.1, 0.15) is 24.8 Å². The van der Waals surface area contributed by atoms with E-state index in [1.165, 1.54) is 4.90 Å². The summed E-state index contributed by atoms with van der Waals surface area (Å²) in [6.07, 6.45) is -2.60. The van der Waals surface area contributed by atoms with Crippen molar-refractivity contribution in [1.29, 1.82) is 0 Å². The molecule has 1 unspecified atom stereocenters. The topological polar surface area (TPSA) is 73.7 Å². The molecule has 2 fully saturated rings. The second-order valence-electron chi connectivity index (χ2n) is 6.54. The summed E-state index contributed by atoms with van der Waals surface area (Å²) in [4.78, 5) is 30.7. The van der Waals surface area contributed by atoms with Crippen molar-refractivity contribution in [3.63, 3.8) is 0 Å². The molecule has 0 bridgehead atoms. The van der Waals surface area contributed by atoms with E-state index in [0.717, 1.165) is 18.3 Å². The van der Waals surface area contributed by atoms with E-state index < -0.39 is 29.2 Å². The van der Waals surface area contributed by atoms with Gasteiger partial charge in [0.2, 0.25) is 5.91 Å². The molecular formula is C16H18F3N3O3. The van der Waals surface area contributed by atoms with E-state index in [4.69, 9.17) is 0 Å². The van der Waals surface area contributed by atoms with Gasteiger partial charge in [-0.3, -0.25) is 9.59 Å². The molecule has 1 aromatic rings. The molecule has 0 radical (unpaired) electrons. The zero-order valence-electron chi connectivity index (χ0n) is 13.6. The number of carbonyl (C=O) groups excluding carboxylic acids is 1. The quantitative estimate of drug-likeness (QED) is 0.876. The summed E-state index contributed by atoms with van der Waals surface area (Å²) in [5.41, 5.74) is -1.55. The molecule has 2 saturated heterocycles. The molecule has 1 amide bonds. The first-order valence-corrected chi connectivity index (χ1v) is 7.93. The number of piperidine rings is 1. The Bertz CT molecular complexity index is 699. The Morgan fingerprint density at radius 2 is 2.00 bits per heavy atom. The fourth-order valence-corrected chi connectivity index (χ4v) is 3.88. The third kappa shape index (κ3) is 2.91. The van der Waals surface area contributed by atoms with Crippen LogP contribution in [-0.4, -0.2) is 52.5 Å². The van der Waals surface area contributed by atoms with Crippen LogP contribution < -0.4 is 4.90 Å². The highest BCUT2D eigenvalue weighted by molar-refractivity contribution is 5.88. The summed E-state index contributed by atoms with van der Waals surface area (Å²) in [5, 5.41) is 9.45. The summed E-state index contributed by atoms with van der Waals surface area (Å²) in [5.74, 6) is -1.80. The average Bonchev–Trinajstić information content (AvgIpc) is 2.80. The summed E-state index contributed by atoms with van der Waals surface area (Å²) >= 11 is 0. The molecule has 3 rings (SSSR count). The number of alkyl halides is 3. The Labute approximate surface area is 142 Å². The normalized spacial score (nSPS) is 23.4. The lowest BCUT2D eigenvalue weighted by atomic mass is 9.77. The van der Waals surface area contributed by atoms with Crippen molar-refractivity contribution in [1.82, 2.24) is 9.88 Å². The van der Waals surface area contributed by atoms with Gasteiger partial charge in [-0.15, -0.1) is 0 Å². The molecule has 9 heteroatoms. The summed E-state index contributed by atoms with van der Waals surface area (Å²) in [6.45, 7) is 0.686. The van der Waals surface area contributed by atoms with Crippen LogP contribution in [0, 0.1) is 5.92 Å². The highest BCUT2D eigenvalue weighted by Crippen LogP contribution is 2.43. The molecule has 1 N–H and O–H groups in total. The summed E-state index contributed by atoms with van der Waals surface area (Å²) < 4.78 is 38.6. The lowest BCUT2D eigenvalue weighted by Crippen LogP contribution is -2.56. The maximum Gasteiger partial charge on any atom is 0.416 e. The molecule has 6 nitrogen and oxygen atoms in total. The Hall–Kier alpha value is -2.32. The zero-order valence-corrected chi connectivity index (χ0v) is 13.6. The molecule has 2 aliphatic rings. The van der Waals surface area contributed by atoms with Crippen LogP contribution in [-0.2, 0) is 15.8 Å². The highest BCUT2D eigenvalue weighted by Gasteiger charge is 2.55. The van der Waals surface area contributed by atoms with Crippen LogP contribution in [0.2, 0.25) is 0 Å². The van der Waals surface area contributed by atoms with E-state index >= 15 is 0 Å². The number of amides is 1. The number of hydrogen-bond donors (Lipinski definition) is 1. The molecule has 1 aromatic heterocycles. The van der Waals surface area contributed by atoms with Crippen LogP contribution in [0.5, 0.6) is 0 Å². The van der Waals surface area contributed by atoms with Crippen molar-refractivity contribution in [3.8, 4) is 0 Å². The number of anilines is 1. The van der Waals surface area contributed by atoms with Gasteiger partial charge in [0, 0.05) is 32.8 Å². The van der Waals surface area contributed by atoms with Gasteiger partial charge in [-0.1, -0.05) is 0 Å². The fraction of sp³-hybridized carbons (Fsp3) is 0.562. The smallest absolute Gasteiger partial charge is 0.416 e. The molecule has 25 heavy (non-hydrogen) atoms. The number of rotatable bonds is 2. The van der Waals surface area contributed by atoms with Crippen LogP contribution in [0.25, 0.3) is 0 Å². The van der Waals surface area contributed by atoms with Gasteiger partial charge >= 0.3 is 12.1 Å². The number of carboxylic acid groups (broad SMARTS) is 1. The van der Waals surface area contributed by atoms with E-state index in [2.05, 4.69) is 4.98 Å². The predicted molar refractivity (Wildman–Crippen MR) is 81.9 cm³/mol. The third-order valence-electron chi connectivity index (χ3n) is 5.39. The van der Waals surface area contributed by atoms with Gasteiger partial charge in [-0.25, -0.2) is 4.98 Å². The Balaban J connectivity index is 1.80. The van der Waals surface area contributed by atoms with Gasteiger partial charge < -0.3 is 14.9 Å². The predicted octanol–water partition coefficient (Wildman–Crippen LogP) is 2.00. The zero-order chi connectivity index (χ0) is 18.4. The Morgan fingerprint density at radius 1 is 1.36 bits per heavy atom. The number of carboxylic acids is 1. The lowest BCUT2D eigenvalue weighted by molar-refractivity contribution is -0.145. The summed E-state index contributed by atoms with van der Waals surface area (Å²) in [7, 11) is 1.60. The first-order chi connectivity index (χ1) is 11.6. The number of aliphatic carboxylic acids is 1. The van der Waals surface area contributed by atoms with E-state index in [9.17, 15) is 27.9 Å². The van der Waals surface area contributed by atoms with Crippen molar-refractivity contribution in [2.24, 2.45) is 5.92 Å². The SMILES string of the molecule is CN1C(=O)CC(C(=O)O)C12CCN(c1cc(C(F)(F)F)ccn1)CC2. The van der Waals surface area contributed by atoms with Crippen LogP contribution >= 0.6 is 0 Å². The van der Waals surface area contributed by atoms with Gasteiger partial charge in [0.15, 0.2) is 0 Å². The number of carbonyl (C=O) groups is 2. The number of aromatic nitrogens is 1. The molecule has 0 aliphatic carbocycles. The standard InChI is InChI=1S/C16H18F3N3O3/c1-21-13(23)9-11(14(24)25)15(21)3-6-22(7-4-15)12-8-10(2-5-20-12)16(17,18)19/h2,5,8,11H,3-4,6-7,9H2,1H3,(H,24,25). The highest BCUT2D eigenvalue weighted by atomic mass is 19.4. The van der Waals surface area contributed by atoms with Crippen molar-refractivity contribution < 1.29 is 27.9 Å². The number of nitrogens with zero attached hydrogens (tertiary/aromatic N) is 3. The minimum absolute atomic E-state index is 0.0341. The molecule has 0 aromatic carbocycles. The molecular weight excluding hydrogens is 339 g/mol. The number of hydrogen-bond acceptors (Lipinski definition) is 4. The number of halogens is 3. The maximum atomic E-state index is 12.9. The van der Waals surface area contributed by atoms with Gasteiger partial charge in [0.05, 0.1) is 17.0 Å². The summed E-state index contributed by atoms with van der Waals surface area (Å²) in [6, 6.07) is 1.91. The fourth-order valence-electron chi connectivity index (χ4n) is 3.88. The number of likely N-dealkylation sites (tertiary alicyclic amines) is 1. The maximum absolute atomic E-state index is 12.9. The van der Waals surface area contributed by atoms with Crippen molar-refractivity contribution in [2.45, 2.75) is 31.0 Å². The van der Waals surface area contributed by atoms with E-state index in [-0.39, 0.29) is 18.1 Å². The molecule has 1 spiro atoms. The molecule has 0 saturated carbocycles. The molecule has 1 atom stereocenters. The van der Waals surface area contributed by atoms with E-state index in [1.807, 2.05) is 0 Å². The largest absolute Gasteiger partial charge is 0.481 e. The first-order valence-electron chi connectivity index (χ1n) is 7.93. The van der Waals surface area contributed by atoms with E-state index in [1.54, 1.807) is 11.9 Å². The van der Waals surface area contributed by atoms with Gasteiger partial charge in [-0.2, -0.15) is 13.2 Å². The van der Waals surface area contributed by atoms with Crippen molar-refractivity contribution >= 4 is 17.7 Å². The van der Waals surface area contributed by atoms with Crippen LogP contribution in [0.3, 0.4) is 0 Å². The first kappa shape index (κ1) is 17.5. The molecule has 2 aliphatic heterocycles. The van der Waals surface area contributed by atoms with Crippen molar-refractivity contribution in [3.05, 3.63) is 23.9 Å². The number of pyridine rings is 1. The van der Waals surface area contributed by atoms with Gasteiger partial charge in [-0.05, 0) is 25.0 Å². The molecule has 136 valence electrons. The van der Waals surface area contributed by atoms with Gasteiger partial charge in [0.25, 0.3) is 0 Å². The Kier molecular flexibility index (Phi) is 4.12. The Morgan fingerprint density at radius 3 is 2.56 bits per heavy atom. The monoisotopic (exact) mass is 357 g/mol. The van der Waals surface area contributed by atoms with E-state index in [0.29, 0.717) is 25.9 Å². The average molecular weight is 357 g/mol. The van der Waals surface area contributed by atoms with Crippen LogP contribution in [0.15, 0.2) is 18.3 Å². The second kappa shape index (κ2) is 5.89. The van der Waals surface area contributed by atoms with Crippen LogP contribution in [0.4, 0.5) is 19.0 Å². The lowest BCUT2D eigenvalue weighted by Gasteiger charge is -2.45. The van der Waals surface area contributed by atoms with Crippen molar-refractivity contribution in [2.75, 3.05) is 25.0 Å². The third-order valence-corrected chi connectivity index (χ3v) is 5.39. The minimum Gasteiger partial charge on any atom is -0.481 e. The second-order valence-corrected chi connectivity index (χ2v) is 6.54. The van der Waals surface area contributed by atoms with Gasteiger partial charge in [0.1, 0.15) is 5.82 Å². The molecule has 3 heterocycles. The minimum atomic E-state index is -4.44.